The van der Waals surface area contributed by atoms with Crippen LogP contribution in [0, 0.1) is 0 Å². The van der Waals surface area contributed by atoms with E-state index in [0.29, 0.717) is 18.1 Å². The fraction of sp³-hybridized carbons (Fsp3) is 0.167. The maximum absolute atomic E-state index is 11.6. The zero-order valence-corrected chi connectivity index (χ0v) is 10.6. The van der Waals surface area contributed by atoms with E-state index in [1.807, 2.05) is 24.3 Å². The molecule has 5 heteroatoms. The summed E-state index contributed by atoms with van der Waals surface area (Å²) in [4.78, 5) is 15.6. The number of nitrogens with one attached hydrogen (secondary N) is 1. The van der Waals surface area contributed by atoms with Crippen LogP contribution in [0.15, 0.2) is 35.2 Å². The summed E-state index contributed by atoms with van der Waals surface area (Å²) < 4.78 is 0. The monoisotopic (exact) mass is 266 g/mol. The molecule has 2 rings (SSSR count). The van der Waals surface area contributed by atoms with Gasteiger partial charge in [0.15, 0.2) is 0 Å². The summed E-state index contributed by atoms with van der Waals surface area (Å²) in [5, 5.41) is 4.54. The van der Waals surface area contributed by atoms with Crippen molar-refractivity contribution in [3.63, 3.8) is 0 Å². The average molecular weight is 267 g/mol. The highest BCUT2D eigenvalue weighted by Gasteiger charge is 2.06. The Morgan fingerprint density at radius 3 is 2.94 bits per heavy atom. The zero-order chi connectivity index (χ0) is 12.1. The van der Waals surface area contributed by atoms with Crippen LogP contribution in [0.25, 0.3) is 0 Å². The molecule has 1 aromatic heterocycles. The number of rotatable bonds is 4. The number of nitrogens with zero attached hydrogens (tertiary/aromatic N) is 1. The van der Waals surface area contributed by atoms with E-state index >= 15 is 0 Å². The highest BCUT2D eigenvalue weighted by Crippen LogP contribution is 2.08. The lowest BCUT2D eigenvalue weighted by Gasteiger charge is -2.04. The third-order valence-corrected chi connectivity index (χ3v) is 3.16. The van der Waals surface area contributed by atoms with Crippen molar-refractivity contribution in [2.75, 3.05) is 0 Å². The van der Waals surface area contributed by atoms with Gasteiger partial charge in [-0.05, 0) is 11.1 Å². The largest absolute Gasteiger partial charge is 0.347 e. The SMILES string of the molecule is O=C(NCc1cccc(CCl)c1)c1cscn1. The van der Waals surface area contributed by atoms with Gasteiger partial charge in [0.25, 0.3) is 5.91 Å². The number of halogens is 1. The first kappa shape index (κ1) is 12.1. The third-order valence-electron chi connectivity index (χ3n) is 2.26. The molecular formula is C12H11ClN2OS. The Morgan fingerprint density at radius 1 is 1.41 bits per heavy atom. The highest BCUT2D eigenvalue weighted by atomic mass is 35.5. The zero-order valence-electron chi connectivity index (χ0n) is 9.02. The summed E-state index contributed by atoms with van der Waals surface area (Å²) >= 11 is 7.15. The normalized spacial score (nSPS) is 10.2. The molecule has 1 amide bonds. The third kappa shape index (κ3) is 3.28. The van der Waals surface area contributed by atoms with Gasteiger partial charge in [-0.3, -0.25) is 4.79 Å². The summed E-state index contributed by atoms with van der Waals surface area (Å²) in [5.41, 5.74) is 4.19. The first-order valence-electron chi connectivity index (χ1n) is 5.10. The minimum absolute atomic E-state index is 0.150. The van der Waals surface area contributed by atoms with Gasteiger partial charge in [-0.2, -0.15) is 0 Å². The second kappa shape index (κ2) is 5.80. The number of carbonyl (C=O) groups is 1. The second-order valence-electron chi connectivity index (χ2n) is 3.51. The standard InChI is InChI=1S/C12H11ClN2OS/c13-5-9-2-1-3-10(4-9)6-14-12(16)11-7-17-8-15-11/h1-4,7-8H,5-6H2,(H,14,16). The molecule has 2 aromatic rings. The lowest BCUT2D eigenvalue weighted by molar-refractivity contribution is 0.0946. The summed E-state index contributed by atoms with van der Waals surface area (Å²) in [5.74, 6) is 0.330. The van der Waals surface area contributed by atoms with E-state index in [9.17, 15) is 4.79 Å². The van der Waals surface area contributed by atoms with Crippen LogP contribution in [-0.4, -0.2) is 10.9 Å². The number of hydrogen-bond acceptors (Lipinski definition) is 3. The molecule has 17 heavy (non-hydrogen) atoms. The molecule has 0 fully saturated rings. The number of alkyl halides is 1. The van der Waals surface area contributed by atoms with E-state index in [-0.39, 0.29) is 5.91 Å². The molecule has 0 bridgehead atoms. The van der Waals surface area contributed by atoms with Crippen molar-refractivity contribution >= 4 is 28.8 Å². The molecule has 1 N–H and O–H groups in total. The molecule has 0 radical (unpaired) electrons. The summed E-state index contributed by atoms with van der Waals surface area (Å²) in [6, 6.07) is 7.83. The van der Waals surface area contributed by atoms with Crippen LogP contribution in [0.5, 0.6) is 0 Å². The summed E-state index contributed by atoms with van der Waals surface area (Å²) in [6.45, 7) is 0.487. The minimum Gasteiger partial charge on any atom is -0.347 e. The average Bonchev–Trinajstić information content (AvgIpc) is 2.90. The number of benzene rings is 1. The molecule has 88 valence electrons. The van der Waals surface area contributed by atoms with Gasteiger partial charge in [0.2, 0.25) is 0 Å². The van der Waals surface area contributed by atoms with Crippen molar-refractivity contribution < 1.29 is 4.79 Å². The highest BCUT2D eigenvalue weighted by molar-refractivity contribution is 7.07. The van der Waals surface area contributed by atoms with Crippen LogP contribution < -0.4 is 5.32 Å². The fourth-order valence-electron chi connectivity index (χ4n) is 1.42. The van der Waals surface area contributed by atoms with E-state index in [2.05, 4.69) is 10.3 Å². The predicted octanol–water partition coefficient (Wildman–Crippen LogP) is 2.81. The molecule has 0 saturated heterocycles. The molecule has 0 aliphatic heterocycles. The van der Waals surface area contributed by atoms with E-state index in [1.165, 1.54) is 11.3 Å². The van der Waals surface area contributed by atoms with E-state index in [4.69, 9.17) is 11.6 Å². The van der Waals surface area contributed by atoms with Crippen LogP contribution >= 0.6 is 22.9 Å². The van der Waals surface area contributed by atoms with Gasteiger partial charge < -0.3 is 5.32 Å². The van der Waals surface area contributed by atoms with Gasteiger partial charge in [0.1, 0.15) is 5.69 Å². The smallest absolute Gasteiger partial charge is 0.271 e. The van der Waals surface area contributed by atoms with Crippen LogP contribution in [0.4, 0.5) is 0 Å². The lowest BCUT2D eigenvalue weighted by atomic mass is 10.1. The maximum Gasteiger partial charge on any atom is 0.271 e. The number of amides is 1. The molecule has 1 aromatic carbocycles. The van der Waals surface area contributed by atoms with Crippen molar-refractivity contribution in [3.05, 3.63) is 52.0 Å². The number of aromatic nitrogens is 1. The summed E-state index contributed by atoms with van der Waals surface area (Å²) in [7, 11) is 0. The molecule has 0 unspecified atom stereocenters. The van der Waals surface area contributed by atoms with Crippen molar-refractivity contribution in [2.45, 2.75) is 12.4 Å². The van der Waals surface area contributed by atoms with Crippen LogP contribution in [-0.2, 0) is 12.4 Å². The molecule has 1 heterocycles. The number of carbonyl (C=O) groups excluding carboxylic acids is 1. The maximum atomic E-state index is 11.6. The number of thiazole rings is 1. The quantitative estimate of drug-likeness (QED) is 0.865. The van der Waals surface area contributed by atoms with Crippen LogP contribution in [0.1, 0.15) is 21.6 Å². The van der Waals surface area contributed by atoms with Gasteiger partial charge >= 0.3 is 0 Å². The van der Waals surface area contributed by atoms with E-state index in [1.54, 1.807) is 10.9 Å². The van der Waals surface area contributed by atoms with Gasteiger partial charge in [-0.15, -0.1) is 22.9 Å². The second-order valence-corrected chi connectivity index (χ2v) is 4.50. The molecule has 0 aliphatic carbocycles. The molecule has 0 atom stereocenters. The number of hydrogen-bond donors (Lipinski definition) is 1. The van der Waals surface area contributed by atoms with E-state index < -0.39 is 0 Å². The van der Waals surface area contributed by atoms with Gasteiger partial charge in [-0.25, -0.2) is 4.98 Å². The Bertz CT molecular complexity index is 499. The van der Waals surface area contributed by atoms with Crippen LogP contribution in [0.2, 0.25) is 0 Å². The topological polar surface area (TPSA) is 42.0 Å². The minimum atomic E-state index is -0.150. The fourth-order valence-corrected chi connectivity index (χ4v) is 2.12. The lowest BCUT2D eigenvalue weighted by Crippen LogP contribution is -2.23. The van der Waals surface area contributed by atoms with Crippen molar-refractivity contribution in [1.29, 1.82) is 0 Å². The van der Waals surface area contributed by atoms with Crippen molar-refractivity contribution in [2.24, 2.45) is 0 Å². The Labute approximate surface area is 108 Å². The van der Waals surface area contributed by atoms with Crippen molar-refractivity contribution in [1.82, 2.24) is 10.3 Å². The Kier molecular flexibility index (Phi) is 4.12. The Hall–Kier alpha value is -1.39. The van der Waals surface area contributed by atoms with Crippen molar-refractivity contribution in [3.8, 4) is 0 Å². The Morgan fingerprint density at radius 2 is 2.24 bits per heavy atom. The predicted molar refractivity (Wildman–Crippen MR) is 69.3 cm³/mol. The first-order valence-corrected chi connectivity index (χ1v) is 6.57. The molecule has 3 nitrogen and oxygen atoms in total. The van der Waals surface area contributed by atoms with Gasteiger partial charge in [0, 0.05) is 17.8 Å². The van der Waals surface area contributed by atoms with Gasteiger partial charge in [-0.1, -0.05) is 24.3 Å². The molecular weight excluding hydrogens is 256 g/mol. The Balaban J connectivity index is 1.95. The molecule has 0 saturated carbocycles. The van der Waals surface area contributed by atoms with Gasteiger partial charge in [0.05, 0.1) is 5.51 Å². The first-order chi connectivity index (χ1) is 8.29. The van der Waals surface area contributed by atoms with E-state index in [0.717, 1.165) is 11.1 Å². The van der Waals surface area contributed by atoms with Crippen LogP contribution in [0.3, 0.4) is 0 Å². The summed E-state index contributed by atoms with van der Waals surface area (Å²) in [6.07, 6.45) is 0. The molecule has 0 spiro atoms. The molecule has 0 aliphatic rings.